The summed E-state index contributed by atoms with van der Waals surface area (Å²) in [6.45, 7) is 4.56. The van der Waals surface area contributed by atoms with Gasteiger partial charge in [-0.1, -0.05) is 43.9 Å². The summed E-state index contributed by atoms with van der Waals surface area (Å²) < 4.78 is 49.5. The van der Waals surface area contributed by atoms with Gasteiger partial charge in [0, 0.05) is 24.2 Å². The topological polar surface area (TPSA) is 91.1 Å². The Hall–Kier alpha value is -4.46. The molecular weight excluding hydrogens is 501 g/mol. The number of rotatable bonds is 8. The van der Waals surface area contributed by atoms with Crippen molar-refractivity contribution in [3.8, 4) is 34.7 Å². The van der Waals surface area contributed by atoms with Crippen LogP contribution in [0, 0.1) is 11.8 Å². The van der Waals surface area contributed by atoms with Crippen LogP contribution in [-0.2, 0) is 13.1 Å². The number of imidazole rings is 1. The van der Waals surface area contributed by atoms with Gasteiger partial charge in [0.05, 0.1) is 0 Å². The largest absolute Gasteiger partial charge is 0.573 e. The molecule has 1 N–H and O–H groups in total. The van der Waals surface area contributed by atoms with Crippen LogP contribution < -0.4 is 20.7 Å². The number of H-pyrrole nitrogens is 1. The van der Waals surface area contributed by atoms with Gasteiger partial charge >= 0.3 is 12.1 Å². The molecule has 0 saturated carbocycles. The Bertz CT molecular complexity index is 1620. The minimum absolute atomic E-state index is 0.0221. The first-order valence-electron chi connectivity index (χ1n) is 12.0. The van der Waals surface area contributed by atoms with Crippen molar-refractivity contribution in [1.29, 1.82) is 0 Å². The molecule has 0 amide bonds. The number of aryl methyl sites for hydroxylation is 1. The van der Waals surface area contributed by atoms with E-state index in [1.807, 2.05) is 13.8 Å². The minimum Gasteiger partial charge on any atom is -0.481 e. The highest BCUT2D eigenvalue weighted by Gasteiger charge is 2.31. The summed E-state index contributed by atoms with van der Waals surface area (Å²) in [6.07, 6.45) is -3.44. The number of hydrogen-bond donors (Lipinski definition) is 1. The smallest absolute Gasteiger partial charge is 0.481 e. The van der Waals surface area contributed by atoms with Crippen molar-refractivity contribution in [3.63, 3.8) is 0 Å². The maximum absolute atomic E-state index is 13.0. The lowest BCUT2D eigenvalue weighted by molar-refractivity contribution is -0.274. The van der Waals surface area contributed by atoms with Crippen LogP contribution in [0.4, 0.5) is 13.2 Å². The highest BCUT2D eigenvalue weighted by Crippen LogP contribution is 2.24. The number of ether oxygens (including phenoxy) is 2. The summed E-state index contributed by atoms with van der Waals surface area (Å²) in [7, 11) is 0. The van der Waals surface area contributed by atoms with Gasteiger partial charge in [-0.25, -0.2) is 9.78 Å². The van der Waals surface area contributed by atoms with E-state index in [-0.39, 0.29) is 23.6 Å². The van der Waals surface area contributed by atoms with Crippen molar-refractivity contribution in [2.24, 2.45) is 0 Å². The molecule has 4 aromatic rings. The standard InChI is InChI=1S/C27H25F3N4O4/c1-3-13-33-24-22(25(35)34(14-4-2)26(33)36)31-23(32-24)19-10-6-11-20(17-19)37-15-7-9-18-8-5-12-21(16-18)38-27(28,29)30/h5-6,8,10-12,16-17H,3-4,13-15H2,1-2H3,(H,31,32). The number of nitrogens with zero attached hydrogens (tertiary/aromatic N) is 3. The molecule has 0 spiro atoms. The summed E-state index contributed by atoms with van der Waals surface area (Å²) in [5.41, 5.74) is 0.758. The van der Waals surface area contributed by atoms with E-state index in [1.165, 1.54) is 27.3 Å². The van der Waals surface area contributed by atoms with E-state index < -0.39 is 11.9 Å². The Morgan fingerprint density at radius 2 is 1.68 bits per heavy atom. The number of aromatic amines is 1. The number of alkyl halides is 3. The second-order valence-corrected chi connectivity index (χ2v) is 8.37. The fourth-order valence-electron chi connectivity index (χ4n) is 3.91. The van der Waals surface area contributed by atoms with Crippen molar-refractivity contribution in [1.82, 2.24) is 19.1 Å². The lowest BCUT2D eigenvalue weighted by Gasteiger charge is -2.09. The number of hydrogen-bond acceptors (Lipinski definition) is 5. The highest BCUT2D eigenvalue weighted by molar-refractivity contribution is 5.75. The molecule has 0 aliphatic rings. The number of fused-ring (bicyclic) bond motifs is 1. The molecule has 0 aliphatic heterocycles. The Morgan fingerprint density at radius 1 is 0.974 bits per heavy atom. The van der Waals surface area contributed by atoms with Crippen molar-refractivity contribution in [2.45, 2.75) is 46.1 Å². The third-order valence-electron chi connectivity index (χ3n) is 5.47. The van der Waals surface area contributed by atoms with Crippen molar-refractivity contribution < 1.29 is 22.6 Å². The van der Waals surface area contributed by atoms with Crippen LogP contribution in [-0.4, -0.2) is 32.1 Å². The number of aromatic nitrogens is 4. The summed E-state index contributed by atoms with van der Waals surface area (Å²) in [6, 6.07) is 12.3. The molecule has 4 rings (SSSR count). The van der Waals surface area contributed by atoms with Crippen LogP contribution in [0.1, 0.15) is 32.3 Å². The monoisotopic (exact) mass is 526 g/mol. The zero-order valence-electron chi connectivity index (χ0n) is 20.8. The molecule has 198 valence electrons. The van der Waals surface area contributed by atoms with Gasteiger partial charge in [0.25, 0.3) is 5.56 Å². The summed E-state index contributed by atoms with van der Waals surface area (Å²) in [4.78, 5) is 33.5. The average molecular weight is 527 g/mol. The summed E-state index contributed by atoms with van der Waals surface area (Å²) >= 11 is 0. The maximum atomic E-state index is 13.0. The van der Waals surface area contributed by atoms with Crippen LogP contribution in [0.15, 0.2) is 58.1 Å². The van der Waals surface area contributed by atoms with Crippen LogP contribution in [0.5, 0.6) is 11.5 Å². The van der Waals surface area contributed by atoms with Gasteiger partial charge in [0.1, 0.15) is 29.4 Å². The lowest BCUT2D eigenvalue weighted by Crippen LogP contribution is -2.40. The predicted molar refractivity (Wildman–Crippen MR) is 136 cm³/mol. The number of benzene rings is 2. The van der Waals surface area contributed by atoms with E-state index >= 15 is 0 Å². The van der Waals surface area contributed by atoms with E-state index in [0.717, 1.165) is 0 Å². The van der Waals surface area contributed by atoms with Crippen LogP contribution in [0.3, 0.4) is 0 Å². The van der Waals surface area contributed by atoms with Crippen molar-refractivity contribution >= 4 is 11.2 Å². The van der Waals surface area contributed by atoms with Gasteiger partial charge in [0.2, 0.25) is 0 Å². The first-order valence-corrected chi connectivity index (χ1v) is 12.0. The Balaban J connectivity index is 1.55. The summed E-state index contributed by atoms with van der Waals surface area (Å²) in [5.74, 6) is 6.03. The first-order chi connectivity index (χ1) is 18.2. The molecule has 2 heterocycles. The van der Waals surface area contributed by atoms with E-state index in [4.69, 9.17) is 4.74 Å². The van der Waals surface area contributed by atoms with Crippen LogP contribution >= 0.6 is 0 Å². The first kappa shape index (κ1) is 26.6. The number of halogens is 3. The normalized spacial score (nSPS) is 11.3. The van der Waals surface area contributed by atoms with E-state index in [0.29, 0.717) is 54.3 Å². The molecule has 38 heavy (non-hydrogen) atoms. The average Bonchev–Trinajstić information content (AvgIpc) is 3.32. The van der Waals surface area contributed by atoms with Crippen LogP contribution in [0.25, 0.3) is 22.6 Å². The molecular formula is C27H25F3N4O4. The highest BCUT2D eigenvalue weighted by atomic mass is 19.4. The molecule has 0 atom stereocenters. The lowest BCUT2D eigenvalue weighted by atomic mass is 10.2. The molecule has 0 radical (unpaired) electrons. The quantitative estimate of drug-likeness (QED) is 0.336. The summed E-state index contributed by atoms with van der Waals surface area (Å²) in [5, 5.41) is 0. The van der Waals surface area contributed by atoms with Crippen molar-refractivity contribution in [3.05, 3.63) is 74.9 Å². The van der Waals surface area contributed by atoms with E-state index in [2.05, 4.69) is 26.5 Å². The second kappa shape index (κ2) is 11.3. The van der Waals surface area contributed by atoms with Gasteiger partial charge in [-0.15, -0.1) is 13.2 Å². The molecule has 0 unspecified atom stereocenters. The molecule has 2 aromatic heterocycles. The molecule has 8 nitrogen and oxygen atoms in total. The Morgan fingerprint density at radius 3 is 2.42 bits per heavy atom. The second-order valence-electron chi connectivity index (χ2n) is 8.37. The third kappa shape index (κ3) is 6.08. The van der Waals surface area contributed by atoms with Gasteiger partial charge in [-0.3, -0.25) is 13.9 Å². The zero-order chi connectivity index (χ0) is 27.3. The Labute approximate surface area is 215 Å². The van der Waals surface area contributed by atoms with Gasteiger partial charge in [-0.2, -0.15) is 0 Å². The fourth-order valence-corrected chi connectivity index (χ4v) is 3.91. The third-order valence-corrected chi connectivity index (χ3v) is 5.47. The van der Waals surface area contributed by atoms with Crippen molar-refractivity contribution in [2.75, 3.05) is 6.61 Å². The molecule has 0 aliphatic carbocycles. The maximum Gasteiger partial charge on any atom is 0.573 e. The molecule has 11 heteroatoms. The minimum atomic E-state index is -4.78. The number of nitrogens with one attached hydrogen (secondary N) is 1. The predicted octanol–water partition coefficient (Wildman–Crippen LogP) is 4.70. The fraction of sp³-hybridized carbons (Fsp3) is 0.296. The van der Waals surface area contributed by atoms with Crippen LogP contribution in [0.2, 0.25) is 0 Å². The zero-order valence-corrected chi connectivity index (χ0v) is 20.8. The molecule has 0 bridgehead atoms. The molecule has 0 saturated heterocycles. The molecule has 2 aromatic carbocycles. The SMILES string of the molecule is CCCn1c(=O)c2[nH]c(-c3cccc(OCC#Cc4cccc(OC(F)(F)F)c4)c3)nc2n(CCC)c1=O. The van der Waals surface area contributed by atoms with E-state index in [9.17, 15) is 22.8 Å². The van der Waals surface area contributed by atoms with Gasteiger partial charge in [-0.05, 0) is 43.2 Å². The van der Waals surface area contributed by atoms with E-state index in [1.54, 1.807) is 30.3 Å². The molecule has 0 fully saturated rings. The Kier molecular flexibility index (Phi) is 7.90. The van der Waals surface area contributed by atoms with Gasteiger partial charge in [0.15, 0.2) is 5.65 Å². The van der Waals surface area contributed by atoms with Gasteiger partial charge < -0.3 is 14.5 Å².